The van der Waals surface area contributed by atoms with Crippen molar-refractivity contribution in [2.45, 2.75) is 37.7 Å². The smallest absolute Gasteiger partial charge is 0.307 e. The van der Waals surface area contributed by atoms with Crippen LogP contribution in [0, 0.1) is 5.92 Å². The van der Waals surface area contributed by atoms with Gasteiger partial charge in [-0.15, -0.1) is 0 Å². The minimum absolute atomic E-state index is 0.165. The molecule has 3 rings (SSSR count). The Morgan fingerprint density at radius 2 is 2.26 bits per heavy atom. The van der Waals surface area contributed by atoms with E-state index in [1.165, 1.54) is 0 Å². The normalized spacial score (nSPS) is 24.7. The van der Waals surface area contributed by atoms with Crippen LogP contribution in [0.5, 0.6) is 0 Å². The Morgan fingerprint density at radius 3 is 2.89 bits per heavy atom. The molecular weight excluding hydrogens is 246 g/mol. The third-order valence-corrected chi connectivity index (χ3v) is 4.15. The van der Waals surface area contributed by atoms with Crippen molar-refractivity contribution in [2.75, 3.05) is 5.32 Å². The van der Waals surface area contributed by atoms with Crippen LogP contribution in [0.2, 0.25) is 0 Å². The summed E-state index contributed by atoms with van der Waals surface area (Å²) >= 11 is 0. The first-order valence-corrected chi connectivity index (χ1v) is 6.61. The van der Waals surface area contributed by atoms with Gasteiger partial charge in [-0.25, -0.2) is 4.98 Å². The lowest BCUT2D eigenvalue weighted by Crippen LogP contribution is -2.40. The molecule has 1 unspecified atom stereocenters. The van der Waals surface area contributed by atoms with E-state index in [9.17, 15) is 9.59 Å². The summed E-state index contributed by atoms with van der Waals surface area (Å²) in [5, 5.41) is 2.78. The van der Waals surface area contributed by atoms with E-state index in [0.29, 0.717) is 5.95 Å². The first kappa shape index (κ1) is 12.2. The molecule has 2 heterocycles. The zero-order valence-electron chi connectivity index (χ0n) is 10.9. The molecule has 19 heavy (non-hydrogen) atoms. The summed E-state index contributed by atoms with van der Waals surface area (Å²) in [5.74, 6) is -0.319. The van der Waals surface area contributed by atoms with Crippen LogP contribution in [0.1, 0.15) is 32.1 Å². The predicted octanol–water partition coefficient (Wildman–Crippen LogP) is 1.23. The van der Waals surface area contributed by atoms with E-state index in [1.54, 1.807) is 17.0 Å². The number of nitrogens with zero attached hydrogens (tertiary/aromatic N) is 2. The van der Waals surface area contributed by atoms with E-state index in [-0.39, 0.29) is 24.2 Å². The summed E-state index contributed by atoms with van der Waals surface area (Å²) in [6.07, 6.45) is 7.17. The standard InChI is InChI=1S/C13H17N3O3/c1-16-7-6-14-12(16)15-11(18)9-8-10(17)19-13(9)4-2-3-5-13/h6-7,9H,2-5,8H2,1H3,(H,14,15,18). The number of hydrogen-bond donors (Lipinski definition) is 1. The average molecular weight is 263 g/mol. The number of anilines is 1. The van der Waals surface area contributed by atoms with Gasteiger partial charge in [-0.3, -0.25) is 14.9 Å². The fourth-order valence-corrected chi connectivity index (χ4v) is 3.13. The van der Waals surface area contributed by atoms with Crippen molar-refractivity contribution in [1.82, 2.24) is 9.55 Å². The van der Waals surface area contributed by atoms with Gasteiger partial charge in [0, 0.05) is 19.4 Å². The van der Waals surface area contributed by atoms with E-state index in [2.05, 4.69) is 10.3 Å². The van der Waals surface area contributed by atoms with Crippen molar-refractivity contribution in [3.63, 3.8) is 0 Å². The Balaban J connectivity index is 1.79. The Morgan fingerprint density at radius 1 is 1.53 bits per heavy atom. The Bertz CT molecular complexity index is 517. The van der Waals surface area contributed by atoms with Gasteiger partial charge < -0.3 is 9.30 Å². The van der Waals surface area contributed by atoms with E-state index < -0.39 is 5.60 Å². The molecule has 102 valence electrons. The molecular formula is C13H17N3O3. The van der Waals surface area contributed by atoms with Crippen LogP contribution in [0.15, 0.2) is 12.4 Å². The largest absolute Gasteiger partial charge is 0.458 e. The van der Waals surface area contributed by atoms with Gasteiger partial charge in [0.05, 0.1) is 12.3 Å². The zero-order valence-corrected chi connectivity index (χ0v) is 10.9. The van der Waals surface area contributed by atoms with Crippen molar-refractivity contribution in [1.29, 1.82) is 0 Å². The topological polar surface area (TPSA) is 73.2 Å². The van der Waals surface area contributed by atoms with Crippen LogP contribution in [0.4, 0.5) is 5.95 Å². The Hall–Kier alpha value is -1.85. The number of imidazole rings is 1. The predicted molar refractivity (Wildman–Crippen MR) is 67.2 cm³/mol. The van der Waals surface area contributed by atoms with Crippen LogP contribution in [-0.2, 0) is 21.4 Å². The van der Waals surface area contributed by atoms with Gasteiger partial charge in [-0.2, -0.15) is 0 Å². The molecule has 1 spiro atoms. The molecule has 0 aromatic carbocycles. The molecule has 1 atom stereocenters. The number of carbonyl (C=O) groups is 2. The van der Waals surface area contributed by atoms with E-state index >= 15 is 0 Å². The number of rotatable bonds is 2. The lowest BCUT2D eigenvalue weighted by molar-refractivity contribution is -0.149. The van der Waals surface area contributed by atoms with Crippen LogP contribution in [0.25, 0.3) is 0 Å². The van der Waals surface area contributed by atoms with Crippen molar-refractivity contribution in [3.05, 3.63) is 12.4 Å². The number of amides is 1. The van der Waals surface area contributed by atoms with Gasteiger partial charge in [0.2, 0.25) is 11.9 Å². The van der Waals surface area contributed by atoms with Gasteiger partial charge in [0.1, 0.15) is 5.60 Å². The zero-order chi connectivity index (χ0) is 13.5. The molecule has 1 aromatic heterocycles. The minimum atomic E-state index is -0.563. The van der Waals surface area contributed by atoms with Gasteiger partial charge in [0.25, 0.3) is 0 Å². The van der Waals surface area contributed by atoms with Crippen LogP contribution < -0.4 is 5.32 Å². The summed E-state index contributed by atoms with van der Waals surface area (Å²) < 4.78 is 7.20. The molecule has 6 heteroatoms. The van der Waals surface area contributed by atoms with E-state index in [0.717, 1.165) is 25.7 Å². The average Bonchev–Trinajstić information content (AvgIpc) is 3.04. The summed E-state index contributed by atoms with van der Waals surface area (Å²) in [7, 11) is 1.81. The molecule has 1 aromatic rings. The third-order valence-electron chi connectivity index (χ3n) is 4.15. The maximum absolute atomic E-state index is 12.4. The number of nitrogens with one attached hydrogen (secondary N) is 1. The van der Waals surface area contributed by atoms with E-state index in [4.69, 9.17) is 4.74 Å². The first-order valence-electron chi connectivity index (χ1n) is 6.61. The van der Waals surface area contributed by atoms with Crippen molar-refractivity contribution < 1.29 is 14.3 Å². The molecule has 0 radical (unpaired) electrons. The number of esters is 1. The van der Waals surface area contributed by atoms with Gasteiger partial charge in [-0.1, -0.05) is 0 Å². The van der Waals surface area contributed by atoms with Crippen molar-refractivity contribution in [2.24, 2.45) is 13.0 Å². The molecule has 1 saturated carbocycles. The minimum Gasteiger partial charge on any atom is -0.458 e. The number of aromatic nitrogens is 2. The number of ether oxygens (including phenoxy) is 1. The number of carbonyl (C=O) groups excluding carboxylic acids is 2. The maximum atomic E-state index is 12.4. The first-order chi connectivity index (χ1) is 9.11. The lowest BCUT2D eigenvalue weighted by Gasteiger charge is -2.27. The summed E-state index contributed by atoms with van der Waals surface area (Å²) in [6, 6.07) is 0. The van der Waals surface area contributed by atoms with Gasteiger partial charge in [-0.05, 0) is 25.7 Å². The monoisotopic (exact) mass is 263 g/mol. The van der Waals surface area contributed by atoms with Crippen molar-refractivity contribution in [3.8, 4) is 0 Å². The Labute approximate surface area is 111 Å². The quantitative estimate of drug-likeness (QED) is 0.815. The van der Waals surface area contributed by atoms with Gasteiger partial charge in [0.15, 0.2) is 0 Å². The molecule has 1 amide bonds. The highest BCUT2D eigenvalue weighted by atomic mass is 16.6. The van der Waals surface area contributed by atoms with Crippen molar-refractivity contribution >= 4 is 17.8 Å². The molecule has 0 bridgehead atoms. The van der Waals surface area contributed by atoms with Crippen LogP contribution in [-0.4, -0.2) is 27.0 Å². The fourth-order valence-electron chi connectivity index (χ4n) is 3.13. The van der Waals surface area contributed by atoms with Crippen LogP contribution >= 0.6 is 0 Å². The number of aryl methyl sites for hydroxylation is 1. The summed E-state index contributed by atoms with van der Waals surface area (Å²) in [6.45, 7) is 0. The molecule has 6 nitrogen and oxygen atoms in total. The maximum Gasteiger partial charge on any atom is 0.307 e. The summed E-state index contributed by atoms with van der Waals surface area (Å²) in [4.78, 5) is 28.0. The second-order valence-corrected chi connectivity index (χ2v) is 5.35. The van der Waals surface area contributed by atoms with E-state index in [1.807, 2.05) is 7.05 Å². The number of hydrogen-bond acceptors (Lipinski definition) is 4. The fraction of sp³-hybridized carbons (Fsp3) is 0.615. The molecule has 2 fully saturated rings. The highest BCUT2D eigenvalue weighted by molar-refractivity contribution is 5.96. The second kappa shape index (κ2) is 4.36. The highest BCUT2D eigenvalue weighted by Crippen LogP contribution is 2.45. The Kier molecular flexibility index (Phi) is 2.80. The lowest BCUT2D eigenvalue weighted by atomic mass is 9.85. The molecule has 2 aliphatic rings. The SMILES string of the molecule is Cn1ccnc1NC(=O)C1CC(=O)OC12CCCC2. The molecule has 1 aliphatic carbocycles. The second-order valence-electron chi connectivity index (χ2n) is 5.35. The van der Waals surface area contributed by atoms with Gasteiger partial charge >= 0.3 is 5.97 Å². The third kappa shape index (κ3) is 2.01. The summed E-state index contributed by atoms with van der Waals surface area (Å²) in [5.41, 5.74) is -0.563. The molecule has 1 N–H and O–H groups in total. The molecule has 1 saturated heterocycles. The van der Waals surface area contributed by atoms with Crippen LogP contribution in [0.3, 0.4) is 0 Å². The molecule has 1 aliphatic heterocycles. The highest BCUT2D eigenvalue weighted by Gasteiger charge is 2.54.